The first-order chi connectivity index (χ1) is 8.37. The minimum absolute atomic E-state index is 0.230. The van der Waals surface area contributed by atoms with Crippen molar-refractivity contribution in [3.05, 3.63) is 0 Å². The van der Waals surface area contributed by atoms with Gasteiger partial charge in [-0.25, -0.2) is 8.78 Å². The first-order valence-corrected chi connectivity index (χ1v) is 5.44. The zero-order chi connectivity index (χ0) is 13.8. The van der Waals surface area contributed by atoms with Crippen LogP contribution in [0.3, 0.4) is 0 Å². The molecule has 0 bridgehead atoms. The van der Waals surface area contributed by atoms with Crippen molar-refractivity contribution in [2.24, 2.45) is 0 Å². The Balaban J connectivity index is 2.42. The number of hydrogen-bond donors (Lipinski definition) is 1. The van der Waals surface area contributed by atoms with E-state index in [4.69, 9.17) is 5.26 Å². The number of alkyl halides is 4. The maximum Gasteiger partial charge on any atom is 0.383 e. The fourth-order valence-corrected chi connectivity index (χ4v) is 1.72. The highest BCUT2D eigenvalue weighted by Crippen LogP contribution is 2.23. The van der Waals surface area contributed by atoms with Crippen LogP contribution in [0.4, 0.5) is 17.6 Å². The van der Waals surface area contributed by atoms with Crippen LogP contribution < -0.4 is 5.32 Å². The third kappa shape index (κ3) is 3.57. The third-order valence-electron chi connectivity index (χ3n) is 2.79. The molecule has 102 valence electrons. The van der Waals surface area contributed by atoms with Gasteiger partial charge in [-0.15, -0.1) is 0 Å². The average molecular weight is 267 g/mol. The topological polar surface area (TPSA) is 56.1 Å². The zero-order valence-corrected chi connectivity index (χ0v) is 9.50. The summed E-state index contributed by atoms with van der Waals surface area (Å²) in [5.41, 5.74) is 0. The maximum absolute atomic E-state index is 12.7. The lowest BCUT2D eigenvalue weighted by Gasteiger charge is -2.31. The largest absolute Gasteiger partial charge is 0.383 e. The van der Waals surface area contributed by atoms with Gasteiger partial charge in [0.1, 0.15) is 0 Å². The van der Waals surface area contributed by atoms with E-state index < -0.39 is 24.3 Å². The molecule has 18 heavy (non-hydrogen) atoms. The Bertz CT molecular complexity index is 335. The van der Waals surface area contributed by atoms with Crippen molar-refractivity contribution in [3.8, 4) is 6.07 Å². The number of nitriles is 1. The molecule has 0 aromatic carbocycles. The number of carbonyl (C=O) groups is 1. The van der Waals surface area contributed by atoms with E-state index in [1.165, 1.54) is 0 Å². The SMILES string of the molecule is N#CCN1CCC(NC(=O)C(F)(F)C(F)F)CC1. The normalized spacial score (nSPS) is 18.7. The second kappa shape index (κ2) is 6.00. The van der Waals surface area contributed by atoms with Crippen LogP contribution >= 0.6 is 0 Å². The van der Waals surface area contributed by atoms with E-state index >= 15 is 0 Å². The summed E-state index contributed by atoms with van der Waals surface area (Å²) in [5, 5.41) is 10.4. The number of hydrogen-bond acceptors (Lipinski definition) is 3. The molecule has 0 aliphatic carbocycles. The van der Waals surface area contributed by atoms with Gasteiger partial charge in [-0.05, 0) is 12.8 Å². The molecule has 0 aromatic rings. The smallest absolute Gasteiger partial charge is 0.348 e. The highest BCUT2D eigenvalue weighted by Gasteiger charge is 2.49. The number of likely N-dealkylation sites (tertiary alicyclic amines) is 1. The second-order valence-corrected chi connectivity index (χ2v) is 4.11. The van der Waals surface area contributed by atoms with Crippen LogP contribution in [0.2, 0.25) is 0 Å². The minimum atomic E-state index is -4.65. The molecule has 1 rings (SSSR count). The first-order valence-electron chi connectivity index (χ1n) is 5.44. The van der Waals surface area contributed by atoms with E-state index in [0.717, 1.165) is 0 Å². The lowest BCUT2D eigenvalue weighted by atomic mass is 10.0. The van der Waals surface area contributed by atoms with Crippen LogP contribution in [0.1, 0.15) is 12.8 Å². The molecule has 0 radical (unpaired) electrons. The van der Waals surface area contributed by atoms with Crippen molar-refractivity contribution >= 4 is 5.91 Å². The number of nitrogens with one attached hydrogen (secondary N) is 1. The van der Waals surface area contributed by atoms with E-state index in [1.54, 1.807) is 4.90 Å². The molecule has 0 saturated carbocycles. The molecular weight excluding hydrogens is 254 g/mol. The number of nitrogens with zero attached hydrogens (tertiary/aromatic N) is 2. The van der Waals surface area contributed by atoms with Gasteiger partial charge in [-0.2, -0.15) is 14.0 Å². The Hall–Kier alpha value is -1.36. The summed E-state index contributed by atoms with van der Waals surface area (Å²) in [6.45, 7) is 1.17. The number of halogens is 4. The summed E-state index contributed by atoms with van der Waals surface area (Å²) in [4.78, 5) is 12.8. The van der Waals surface area contributed by atoms with Crippen molar-refractivity contribution in [3.63, 3.8) is 0 Å². The van der Waals surface area contributed by atoms with E-state index in [-0.39, 0.29) is 6.54 Å². The fraction of sp³-hybridized carbons (Fsp3) is 0.800. The molecule has 8 heteroatoms. The zero-order valence-electron chi connectivity index (χ0n) is 9.50. The molecule has 0 atom stereocenters. The number of carbonyl (C=O) groups excluding carboxylic acids is 1. The van der Waals surface area contributed by atoms with Gasteiger partial charge in [-0.1, -0.05) is 0 Å². The minimum Gasteiger partial charge on any atom is -0.348 e. The van der Waals surface area contributed by atoms with Crippen LogP contribution in [-0.4, -0.2) is 48.8 Å². The molecule has 0 spiro atoms. The molecule has 1 amide bonds. The molecule has 0 unspecified atom stereocenters. The summed E-state index contributed by atoms with van der Waals surface area (Å²) < 4.78 is 49.2. The predicted octanol–water partition coefficient (Wildman–Crippen LogP) is 0.991. The van der Waals surface area contributed by atoms with Crippen molar-refractivity contribution in [2.45, 2.75) is 31.2 Å². The Morgan fingerprint density at radius 3 is 2.44 bits per heavy atom. The molecule has 4 nitrogen and oxygen atoms in total. The second-order valence-electron chi connectivity index (χ2n) is 4.11. The molecule has 0 aromatic heterocycles. The third-order valence-corrected chi connectivity index (χ3v) is 2.79. The van der Waals surface area contributed by atoms with E-state index in [2.05, 4.69) is 0 Å². The quantitative estimate of drug-likeness (QED) is 0.610. The monoisotopic (exact) mass is 267 g/mol. The van der Waals surface area contributed by atoms with Crippen molar-refractivity contribution in [1.82, 2.24) is 10.2 Å². The Morgan fingerprint density at radius 2 is 2.00 bits per heavy atom. The summed E-state index contributed by atoms with van der Waals surface area (Å²) in [5.74, 6) is -6.58. The van der Waals surface area contributed by atoms with Crippen molar-refractivity contribution < 1.29 is 22.4 Å². The van der Waals surface area contributed by atoms with Gasteiger partial charge in [0.05, 0.1) is 12.6 Å². The van der Waals surface area contributed by atoms with Crippen LogP contribution in [0.15, 0.2) is 0 Å². The number of amides is 1. The summed E-state index contributed by atoms with van der Waals surface area (Å²) >= 11 is 0. The number of piperidine rings is 1. The van der Waals surface area contributed by atoms with Crippen LogP contribution in [0.25, 0.3) is 0 Å². The lowest BCUT2D eigenvalue weighted by Crippen LogP contribution is -2.52. The van der Waals surface area contributed by atoms with Crippen LogP contribution in [-0.2, 0) is 4.79 Å². The molecular formula is C10H13F4N3O. The Morgan fingerprint density at radius 1 is 1.44 bits per heavy atom. The maximum atomic E-state index is 12.7. The van der Waals surface area contributed by atoms with E-state index in [0.29, 0.717) is 25.9 Å². The molecule has 1 fully saturated rings. The van der Waals surface area contributed by atoms with Gasteiger partial charge < -0.3 is 5.32 Å². The van der Waals surface area contributed by atoms with Gasteiger partial charge in [0.2, 0.25) is 0 Å². The van der Waals surface area contributed by atoms with Crippen molar-refractivity contribution in [2.75, 3.05) is 19.6 Å². The van der Waals surface area contributed by atoms with Crippen LogP contribution in [0, 0.1) is 11.3 Å². The van der Waals surface area contributed by atoms with Gasteiger partial charge in [0, 0.05) is 19.1 Å². The average Bonchev–Trinajstić information content (AvgIpc) is 2.31. The Kier molecular flexibility index (Phi) is 4.90. The van der Waals surface area contributed by atoms with E-state index in [9.17, 15) is 22.4 Å². The van der Waals surface area contributed by atoms with Gasteiger partial charge in [-0.3, -0.25) is 9.69 Å². The predicted molar refractivity (Wildman–Crippen MR) is 54.2 cm³/mol. The molecule has 1 aliphatic heterocycles. The summed E-state index contributed by atoms with van der Waals surface area (Å²) in [6, 6.07) is 1.41. The van der Waals surface area contributed by atoms with Gasteiger partial charge in [0.15, 0.2) is 0 Å². The molecule has 1 aliphatic rings. The molecule has 1 heterocycles. The summed E-state index contributed by atoms with van der Waals surface area (Å²) in [6.07, 6.45) is -3.27. The lowest BCUT2D eigenvalue weighted by molar-refractivity contribution is -0.170. The first kappa shape index (κ1) is 14.7. The summed E-state index contributed by atoms with van der Waals surface area (Å²) in [7, 11) is 0. The standard InChI is InChI=1S/C10H13F4N3O/c11-8(12)10(13,14)9(18)16-7-1-4-17(5-2-7)6-3-15/h7-8H,1-2,4-6H2,(H,16,18). The van der Waals surface area contributed by atoms with Crippen molar-refractivity contribution in [1.29, 1.82) is 5.26 Å². The Labute approximate surface area is 102 Å². The van der Waals surface area contributed by atoms with Gasteiger partial charge in [0.25, 0.3) is 5.91 Å². The number of rotatable bonds is 4. The highest BCUT2D eigenvalue weighted by atomic mass is 19.3. The molecule has 1 saturated heterocycles. The van der Waals surface area contributed by atoms with Crippen LogP contribution in [0.5, 0.6) is 0 Å². The highest BCUT2D eigenvalue weighted by molar-refractivity contribution is 5.84. The van der Waals surface area contributed by atoms with E-state index in [1.807, 2.05) is 11.4 Å². The fourth-order valence-electron chi connectivity index (χ4n) is 1.72. The molecule has 1 N–H and O–H groups in total. The van der Waals surface area contributed by atoms with Gasteiger partial charge >= 0.3 is 12.3 Å².